The lowest BCUT2D eigenvalue weighted by atomic mass is 9.98. The van der Waals surface area contributed by atoms with Gasteiger partial charge in [0.05, 0.1) is 11.1 Å². The van der Waals surface area contributed by atoms with Crippen LogP contribution in [0.4, 0.5) is 11.4 Å². The number of rotatable bonds is 2. The number of nitrogens with one attached hydrogen (secondary N) is 2. The van der Waals surface area contributed by atoms with Crippen LogP contribution in [0.2, 0.25) is 0 Å². The molecule has 1 aliphatic rings. The summed E-state index contributed by atoms with van der Waals surface area (Å²) in [7, 11) is 0. The Bertz CT molecular complexity index is 1020. The number of aryl methyl sites for hydroxylation is 2. The molecule has 4 rings (SSSR count). The predicted molar refractivity (Wildman–Crippen MR) is 94.9 cm³/mol. The Morgan fingerprint density at radius 1 is 0.833 bits per heavy atom. The van der Waals surface area contributed by atoms with Crippen molar-refractivity contribution in [3.63, 3.8) is 0 Å². The van der Waals surface area contributed by atoms with E-state index in [1.54, 1.807) is 6.07 Å². The third-order valence-corrected chi connectivity index (χ3v) is 4.39. The van der Waals surface area contributed by atoms with Gasteiger partial charge in [-0.05, 0) is 36.9 Å². The summed E-state index contributed by atoms with van der Waals surface area (Å²) in [6.07, 6.45) is 0. The van der Waals surface area contributed by atoms with E-state index in [1.807, 2.05) is 43.3 Å². The molecule has 4 nitrogen and oxygen atoms in total. The van der Waals surface area contributed by atoms with E-state index in [2.05, 4.69) is 23.6 Å². The molecule has 0 aliphatic carbocycles. The van der Waals surface area contributed by atoms with Gasteiger partial charge in [0.1, 0.15) is 0 Å². The monoisotopic (exact) mass is 316 g/mol. The van der Waals surface area contributed by atoms with Crippen molar-refractivity contribution in [1.29, 1.82) is 0 Å². The summed E-state index contributed by atoms with van der Waals surface area (Å²) in [5.74, 6) is -0.673. The normalized spacial score (nSPS) is 13.1. The molecule has 3 aromatic carbocycles. The second-order valence-corrected chi connectivity index (χ2v) is 6.12. The van der Waals surface area contributed by atoms with Gasteiger partial charge >= 0.3 is 0 Å². The molecule has 0 bridgehead atoms. The van der Waals surface area contributed by atoms with Crippen LogP contribution in [0.25, 0.3) is 10.8 Å². The summed E-state index contributed by atoms with van der Waals surface area (Å²) in [4.78, 5) is 24.2. The van der Waals surface area contributed by atoms with Gasteiger partial charge in [0.2, 0.25) is 0 Å². The van der Waals surface area contributed by atoms with Crippen LogP contribution in [0, 0.1) is 13.8 Å². The smallest absolute Gasteiger partial charge is 0.259 e. The Morgan fingerprint density at radius 2 is 1.58 bits per heavy atom. The van der Waals surface area contributed by atoms with Crippen molar-refractivity contribution in [1.82, 2.24) is 5.32 Å². The van der Waals surface area contributed by atoms with Crippen molar-refractivity contribution in [2.45, 2.75) is 13.8 Å². The molecule has 2 amide bonds. The van der Waals surface area contributed by atoms with Crippen molar-refractivity contribution in [3.8, 4) is 0 Å². The highest BCUT2D eigenvalue weighted by molar-refractivity contribution is 6.28. The number of carbonyl (C=O) groups excluding carboxylic acids is 2. The molecule has 0 saturated carbocycles. The number of benzene rings is 3. The largest absolute Gasteiger partial charge is 0.355 e. The first-order chi connectivity index (χ1) is 11.5. The zero-order valence-corrected chi connectivity index (χ0v) is 13.4. The SMILES string of the molecule is Cc1ccc(Nc2cc3c(c4ccccc24)C(=O)NC3=O)c(C)c1. The van der Waals surface area contributed by atoms with Crippen LogP contribution in [0.5, 0.6) is 0 Å². The Kier molecular flexibility index (Phi) is 3.13. The quantitative estimate of drug-likeness (QED) is 0.700. The van der Waals surface area contributed by atoms with Gasteiger partial charge in [-0.2, -0.15) is 0 Å². The second kappa shape index (κ2) is 5.20. The van der Waals surface area contributed by atoms with Crippen molar-refractivity contribution in [2.75, 3.05) is 5.32 Å². The number of hydrogen-bond acceptors (Lipinski definition) is 3. The molecule has 0 saturated heterocycles. The summed E-state index contributed by atoms with van der Waals surface area (Å²) >= 11 is 0. The standard InChI is InChI=1S/C20H16N2O2/c1-11-7-8-16(12(2)9-11)21-17-10-15-18(20(24)22-19(15)23)14-6-4-3-5-13(14)17/h3-10,21H,1-2H3,(H,22,23,24). The zero-order valence-electron chi connectivity index (χ0n) is 13.4. The van der Waals surface area contributed by atoms with E-state index >= 15 is 0 Å². The van der Waals surface area contributed by atoms with Gasteiger partial charge in [0.15, 0.2) is 0 Å². The lowest BCUT2D eigenvalue weighted by molar-refractivity contribution is 0.0880. The van der Waals surface area contributed by atoms with E-state index in [1.165, 1.54) is 5.56 Å². The van der Waals surface area contributed by atoms with Crippen molar-refractivity contribution in [2.24, 2.45) is 0 Å². The third kappa shape index (κ3) is 2.15. The molecule has 2 N–H and O–H groups in total. The first kappa shape index (κ1) is 14.5. The molecule has 1 aliphatic heterocycles. The molecule has 24 heavy (non-hydrogen) atoms. The molecule has 118 valence electrons. The van der Waals surface area contributed by atoms with E-state index in [4.69, 9.17) is 0 Å². The van der Waals surface area contributed by atoms with Crippen LogP contribution in [0.1, 0.15) is 31.8 Å². The fourth-order valence-corrected chi connectivity index (χ4v) is 3.23. The van der Waals surface area contributed by atoms with Gasteiger partial charge in [0, 0.05) is 16.8 Å². The molecule has 0 unspecified atom stereocenters. The van der Waals surface area contributed by atoms with Crippen LogP contribution in [0.15, 0.2) is 48.5 Å². The van der Waals surface area contributed by atoms with E-state index in [0.29, 0.717) is 11.1 Å². The summed E-state index contributed by atoms with van der Waals surface area (Å²) in [6.45, 7) is 4.10. The molecule has 1 heterocycles. The molecule has 0 fully saturated rings. The van der Waals surface area contributed by atoms with E-state index in [9.17, 15) is 9.59 Å². The number of carbonyl (C=O) groups is 2. The van der Waals surface area contributed by atoms with Crippen LogP contribution in [0.3, 0.4) is 0 Å². The van der Waals surface area contributed by atoms with Gasteiger partial charge < -0.3 is 5.32 Å². The summed E-state index contributed by atoms with van der Waals surface area (Å²) in [5.41, 5.74) is 5.01. The molecule has 0 spiro atoms. The maximum absolute atomic E-state index is 12.1. The topological polar surface area (TPSA) is 58.2 Å². The van der Waals surface area contributed by atoms with Crippen LogP contribution in [-0.4, -0.2) is 11.8 Å². The van der Waals surface area contributed by atoms with Crippen molar-refractivity contribution >= 4 is 34.0 Å². The van der Waals surface area contributed by atoms with E-state index < -0.39 is 0 Å². The molecule has 3 aromatic rings. The number of amides is 2. The highest BCUT2D eigenvalue weighted by atomic mass is 16.2. The Balaban J connectivity index is 1.93. The highest BCUT2D eigenvalue weighted by Gasteiger charge is 2.29. The minimum atomic E-state index is -0.343. The van der Waals surface area contributed by atoms with Crippen LogP contribution in [-0.2, 0) is 0 Å². The summed E-state index contributed by atoms with van der Waals surface area (Å²) in [5, 5.41) is 7.50. The molecule has 0 atom stereocenters. The van der Waals surface area contributed by atoms with E-state index in [0.717, 1.165) is 27.7 Å². The first-order valence-corrected chi connectivity index (χ1v) is 7.80. The lowest BCUT2D eigenvalue weighted by Gasteiger charge is -2.14. The Labute approximate surface area is 139 Å². The lowest BCUT2D eigenvalue weighted by Crippen LogP contribution is -2.19. The maximum Gasteiger partial charge on any atom is 0.259 e. The number of fused-ring (bicyclic) bond motifs is 3. The molecule has 4 heteroatoms. The number of imide groups is 1. The first-order valence-electron chi connectivity index (χ1n) is 7.80. The average molecular weight is 316 g/mol. The highest BCUT2D eigenvalue weighted by Crippen LogP contribution is 2.34. The van der Waals surface area contributed by atoms with Crippen LogP contribution < -0.4 is 10.6 Å². The molecule has 0 radical (unpaired) electrons. The third-order valence-electron chi connectivity index (χ3n) is 4.39. The van der Waals surface area contributed by atoms with Gasteiger partial charge in [0.25, 0.3) is 11.8 Å². The molecular formula is C20H16N2O2. The summed E-state index contributed by atoms with van der Waals surface area (Å²) < 4.78 is 0. The minimum absolute atomic E-state index is 0.329. The van der Waals surface area contributed by atoms with Crippen LogP contribution >= 0.6 is 0 Å². The van der Waals surface area contributed by atoms with Gasteiger partial charge in [-0.1, -0.05) is 42.0 Å². The second-order valence-electron chi connectivity index (χ2n) is 6.12. The van der Waals surface area contributed by atoms with E-state index in [-0.39, 0.29) is 11.8 Å². The summed E-state index contributed by atoms with van der Waals surface area (Å²) in [6, 6.07) is 15.6. The van der Waals surface area contributed by atoms with Gasteiger partial charge in [-0.15, -0.1) is 0 Å². The zero-order chi connectivity index (χ0) is 16.8. The number of hydrogen-bond donors (Lipinski definition) is 2. The Hall–Kier alpha value is -3.14. The van der Waals surface area contributed by atoms with Crippen molar-refractivity contribution < 1.29 is 9.59 Å². The minimum Gasteiger partial charge on any atom is -0.355 e. The molecular weight excluding hydrogens is 300 g/mol. The number of anilines is 2. The van der Waals surface area contributed by atoms with Crippen molar-refractivity contribution in [3.05, 3.63) is 70.8 Å². The maximum atomic E-state index is 12.1. The van der Waals surface area contributed by atoms with Gasteiger partial charge in [-0.25, -0.2) is 0 Å². The fraction of sp³-hybridized carbons (Fsp3) is 0.100. The molecule has 0 aromatic heterocycles. The Morgan fingerprint density at radius 3 is 2.33 bits per heavy atom. The fourth-order valence-electron chi connectivity index (χ4n) is 3.23. The average Bonchev–Trinajstić information content (AvgIpc) is 2.84. The van der Waals surface area contributed by atoms with Gasteiger partial charge in [-0.3, -0.25) is 14.9 Å². The predicted octanol–water partition coefficient (Wildman–Crippen LogP) is 4.08.